The number of furan rings is 1. The summed E-state index contributed by atoms with van der Waals surface area (Å²) in [5.41, 5.74) is 1.57. The van der Waals surface area contributed by atoms with Crippen LogP contribution in [0.3, 0.4) is 0 Å². The zero-order valence-electron chi connectivity index (χ0n) is 17.6. The smallest absolute Gasteiger partial charge is 0.255 e. The SMILES string of the molecule is O=C1CCC(N2Cc3c(cc(F)cc3C3CCN(S(=O)(=O)c4ccoc4)CC3)C2=O)C(=O)N1. The third-order valence-electron chi connectivity index (χ3n) is 6.68. The molecule has 1 unspecified atom stereocenters. The van der Waals surface area contributed by atoms with Gasteiger partial charge in [-0.05, 0) is 54.5 Å². The molecule has 1 aromatic carbocycles. The number of benzene rings is 1. The van der Waals surface area contributed by atoms with Gasteiger partial charge in [0.1, 0.15) is 23.0 Å². The first-order valence-electron chi connectivity index (χ1n) is 10.7. The minimum atomic E-state index is -3.66. The van der Waals surface area contributed by atoms with Gasteiger partial charge in [0.2, 0.25) is 21.8 Å². The summed E-state index contributed by atoms with van der Waals surface area (Å²) >= 11 is 0. The van der Waals surface area contributed by atoms with E-state index in [9.17, 15) is 27.2 Å². The molecule has 3 amide bonds. The quantitative estimate of drug-likeness (QED) is 0.674. The van der Waals surface area contributed by atoms with Gasteiger partial charge in [-0.2, -0.15) is 4.31 Å². The lowest BCUT2D eigenvalue weighted by molar-refractivity contribution is -0.136. The van der Waals surface area contributed by atoms with E-state index >= 15 is 0 Å². The van der Waals surface area contributed by atoms with E-state index in [0.29, 0.717) is 24.0 Å². The van der Waals surface area contributed by atoms with Crippen LogP contribution < -0.4 is 5.32 Å². The Bertz CT molecular complexity index is 1240. The van der Waals surface area contributed by atoms with E-state index in [4.69, 9.17) is 4.42 Å². The van der Waals surface area contributed by atoms with Gasteiger partial charge in [0.15, 0.2) is 0 Å². The van der Waals surface area contributed by atoms with Crippen molar-refractivity contribution in [3.8, 4) is 0 Å². The number of hydrogen-bond acceptors (Lipinski definition) is 6. The van der Waals surface area contributed by atoms with Crippen LogP contribution in [-0.4, -0.2) is 54.5 Å². The average Bonchev–Trinajstić information content (AvgIpc) is 3.43. The lowest BCUT2D eigenvalue weighted by atomic mass is 9.86. The average molecular weight is 475 g/mol. The fourth-order valence-corrected chi connectivity index (χ4v) is 6.37. The van der Waals surface area contributed by atoms with E-state index in [0.717, 1.165) is 0 Å². The molecular formula is C22H22FN3O6S. The number of sulfonamides is 1. The lowest BCUT2D eigenvalue weighted by Crippen LogP contribution is -2.52. The Morgan fingerprint density at radius 1 is 1.09 bits per heavy atom. The van der Waals surface area contributed by atoms with Crippen molar-refractivity contribution in [2.75, 3.05) is 13.1 Å². The fraction of sp³-hybridized carbons (Fsp3) is 0.409. The Hall–Kier alpha value is -3.05. The topological polar surface area (TPSA) is 117 Å². The van der Waals surface area contributed by atoms with Gasteiger partial charge in [-0.15, -0.1) is 0 Å². The van der Waals surface area contributed by atoms with Crippen molar-refractivity contribution < 1.29 is 31.6 Å². The summed E-state index contributed by atoms with van der Waals surface area (Å²) in [7, 11) is -3.66. The summed E-state index contributed by atoms with van der Waals surface area (Å²) in [4.78, 5) is 38.3. The summed E-state index contributed by atoms with van der Waals surface area (Å²) in [6, 6.07) is 3.22. The molecular weight excluding hydrogens is 453 g/mol. The van der Waals surface area contributed by atoms with Crippen molar-refractivity contribution in [3.05, 3.63) is 53.2 Å². The minimum absolute atomic E-state index is 0.0954. The van der Waals surface area contributed by atoms with Gasteiger partial charge in [0, 0.05) is 31.6 Å². The summed E-state index contributed by atoms with van der Waals surface area (Å²) in [6.45, 7) is 0.673. The molecule has 11 heteroatoms. The third kappa shape index (κ3) is 3.74. The molecule has 2 aromatic rings. The number of fused-ring (bicyclic) bond motifs is 1. The molecule has 0 spiro atoms. The van der Waals surface area contributed by atoms with Crippen LogP contribution in [-0.2, 0) is 26.2 Å². The normalized spacial score (nSPS) is 22.5. The summed E-state index contributed by atoms with van der Waals surface area (Å²) in [6.07, 6.45) is 3.81. The standard InChI is InChI=1S/C22H22FN3O6S/c23-14-9-16(13-3-6-25(7-4-13)33(30,31)15-5-8-32-12-15)18-11-26(22(29)17(18)10-14)19-1-2-20(27)24-21(19)28/h5,8-10,12-13,19H,1-4,6-7,11H2,(H,24,27,28). The van der Waals surface area contributed by atoms with Crippen molar-refractivity contribution in [1.82, 2.24) is 14.5 Å². The second-order valence-electron chi connectivity index (χ2n) is 8.56. The highest BCUT2D eigenvalue weighted by atomic mass is 32.2. The Labute approximate surface area is 189 Å². The maximum absolute atomic E-state index is 14.5. The zero-order chi connectivity index (χ0) is 23.3. The molecule has 174 valence electrons. The molecule has 0 aliphatic carbocycles. The van der Waals surface area contributed by atoms with Gasteiger partial charge in [-0.3, -0.25) is 19.7 Å². The van der Waals surface area contributed by atoms with Crippen LogP contribution in [0, 0.1) is 5.82 Å². The van der Waals surface area contributed by atoms with Crippen LogP contribution in [0.4, 0.5) is 4.39 Å². The predicted molar refractivity (Wildman–Crippen MR) is 112 cm³/mol. The second kappa shape index (κ2) is 8.07. The minimum Gasteiger partial charge on any atom is -0.471 e. The van der Waals surface area contributed by atoms with E-state index in [1.165, 1.54) is 39.9 Å². The number of imide groups is 1. The van der Waals surface area contributed by atoms with Gasteiger partial charge >= 0.3 is 0 Å². The molecule has 1 atom stereocenters. The molecule has 1 aromatic heterocycles. The van der Waals surface area contributed by atoms with E-state index in [-0.39, 0.29) is 54.8 Å². The fourth-order valence-electron chi connectivity index (χ4n) is 4.97. The highest BCUT2D eigenvalue weighted by molar-refractivity contribution is 7.89. The van der Waals surface area contributed by atoms with E-state index < -0.39 is 33.7 Å². The largest absolute Gasteiger partial charge is 0.471 e. The van der Waals surface area contributed by atoms with Gasteiger partial charge in [0.05, 0.1) is 6.26 Å². The Morgan fingerprint density at radius 2 is 1.85 bits per heavy atom. The molecule has 0 radical (unpaired) electrons. The number of amides is 3. The molecule has 4 heterocycles. The van der Waals surface area contributed by atoms with Gasteiger partial charge in [-0.25, -0.2) is 12.8 Å². The molecule has 9 nitrogen and oxygen atoms in total. The van der Waals surface area contributed by atoms with E-state index in [1.807, 2.05) is 0 Å². The van der Waals surface area contributed by atoms with Crippen LogP contribution in [0.2, 0.25) is 0 Å². The van der Waals surface area contributed by atoms with Crippen molar-refractivity contribution in [3.63, 3.8) is 0 Å². The maximum Gasteiger partial charge on any atom is 0.255 e. The van der Waals surface area contributed by atoms with Gasteiger partial charge < -0.3 is 9.32 Å². The number of halogens is 1. The van der Waals surface area contributed by atoms with Gasteiger partial charge in [0.25, 0.3) is 5.91 Å². The van der Waals surface area contributed by atoms with Crippen molar-refractivity contribution in [2.24, 2.45) is 0 Å². The molecule has 33 heavy (non-hydrogen) atoms. The Kier molecular flexibility index (Phi) is 5.32. The van der Waals surface area contributed by atoms with Crippen molar-refractivity contribution >= 4 is 27.7 Å². The third-order valence-corrected chi connectivity index (χ3v) is 8.55. The summed E-state index contributed by atoms with van der Waals surface area (Å²) in [5.74, 6) is -1.99. The number of carbonyl (C=O) groups is 3. The molecule has 3 aliphatic heterocycles. The molecule has 2 saturated heterocycles. The highest BCUT2D eigenvalue weighted by Gasteiger charge is 2.41. The van der Waals surface area contributed by atoms with E-state index in [2.05, 4.69) is 5.32 Å². The van der Waals surface area contributed by atoms with Gasteiger partial charge in [-0.1, -0.05) is 0 Å². The number of carbonyl (C=O) groups excluding carboxylic acids is 3. The highest BCUT2D eigenvalue weighted by Crippen LogP contribution is 2.38. The van der Waals surface area contributed by atoms with Crippen LogP contribution in [0.15, 0.2) is 40.0 Å². The predicted octanol–water partition coefficient (Wildman–Crippen LogP) is 1.75. The Balaban J connectivity index is 1.37. The monoisotopic (exact) mass is 475 g/mol. The number of piperidine rings is 2. The maximum atomic E-state index is 14.5. The summed E-state index contributed by atoms with van der Waals surface area (Å²) < 4.78 is 46.3. The van der Waals surface area contributed by atoms with E-state index in [1.54, 1.807) is 0 Å². The molecule has 3 aliphatic rings. The lowest BCUT2D eigenvalue weighted by Gasteiger charge is -2.32. The Morgan fingerprint density at radius 3 is 2.52 bits per heavy atom. The van der Waals surface area contributed by atoms with Crippen LogP contribution in [0.25, 0.3) is 0 Å². The number of nitrogens with one attached hydrogen (secondary N) is 1. The van der Waals surface area contributed by atoms with Crippen LogP contribution in [0.1, 0.15) is 53.1 Å². The first-order chi connectivity index (χ1) is 15.8. The molecule has 0 saturated carbocycles. The number of nitrogens with zero attached hydrogens (tertiary/aromatic N) is 2. The zero-order valence-corrected chi connectivity index (χ0v) is 18.4. The number of hydrogen-bond donors (Lipinski definition) is 1. The van der Waals surface area contributed by atoms with Crippen molar-refractivity contribution in [1.29, 1.82) is 0 Å². The van der Waals surface area contributed by atoms with Crippen LogP contribution >= 0.6 is 0 Å². The summed E-state index contributed by atoms with van der Waals surface area (Å²) in [5, 5.41) is 2.26. The number of rotatable bonds is 4. The molecule has 5 rings (SSSR count). The molecule has 0 bridgehead atoms. The second-order valence-corrected chi connectivity index (χ2v) is 10.5. The molecule has 2 fully saturated rings. The molecule has 1 N–H and O–H groups in total. The first-order valence-corrected chi connectivity index (χ1v) is 12.2. The van der Waals surface area contributed by atoms with Crippen molar-refractivity contribution in [2.45, 2.75) is 49.1 Å². The van der Waals surface area contributed by atoms with Crippen LogP contribution in [0.5, 0.6) is 0 Å². The first kappa shape index (κ1) is 21.8.